The van der Waals surface area contributed by atoms with Crippen molar-refractivity contribution < 1.29 is 29.0 Å². The Morgan fingerprint density at radius 2 is 1.92 bits per heavy atom. The van der Waals surface area contributed by atoms with Crippen LogP contribution in [0.1, 0.15) is 122 Å². The minimum absolute atomic E-state index is 0.0236. The summed E-state index contributed by atoms with van der Waals surface area (Å²) in [4.78, 5) is 54.8. The highest BCUT2D eigenvalue weighted by Gasteiger charge is 2.86. The van der Waals surface area contributed by atoms with E-state index in [9.17, 15) is 5.11 Å². The number of fused-ring (bicyclic) bond motifs is 2. The molecular formula is C53H66N6O6. The van der Waals surface area contributed by atoms with Crippen molar-refractivity contribution in [2.24, 2.45) is 23.2 Å². The maximum atomic E-state index is 15.5. The molecule has 0 amide bonds. The van der Waals surface area contributed by atoms with Gasteiger partial charge in [0.1, 0.15) is 11.6 Å². The van der Waals surface area contributed by atoms with E-state index in [2.05, 4.69) is 58.0 Å². The number of aliphatic hydroxyl groups excluding tert-OH is 1. The molecule has 344 valence electrons. The van der Waals surface area contributed by atoms with Crippen LogP contribution >= 0.6 is 0 Å². The molecule has 6 N–H and O–H groups in total. The number of pyridine rings is 2. The van der Waals surface area contributed by atoms with Gasteiger partial charge in [0.15, 0.2) is 11.4 Å². The molecule has 4 bridgehead atoms. The van der Waals surface area contributed by atoms with Gasteiger partial charge in [0, 0.05) is 41.9 Å². The zero-order valence-corrected chi connectivity index (χ0v) is 38.5. The number of anilines is 2. The minimum atomic E-state index is -2.18. The van der Waals surface area contributed by atoms with E-state index in [1.807, 2.05) is 56.7 Å². The van der Waals surface area contributed by atoms with E-state index in [0.29, 0.717) is 54.5 Å². The standard InChI is InChI=1S/C53H66N6O6/c1-5-56-43-25-36-12-8-11-34-10-6-7-22-51(3,26-33-16-19-44(54)58-29-33)27-37-13-9-14-41-46(37)48(62)53(50(63)64-31-38(43)24-42(34)36)52(65-53,47(41)61)28-39(30-60)32(2)15-17-35-21-23-57-49-40(35)18-20-45(55-4)59-49/h8-9,12-14,16,19,21,23,25,29,34,38,42-43,45,55-56,60H,5-7,10-11,15,17-18,20,22,24,26-28,30-31H2,1-4H3,(H2,54,58)(H,57,59)/b39-32-/t34-,38-,42-,43-,45+,51+,52-,53-/m0/s1. The fraction of sp³-hybridized carbons (Fsp3) is 0.528. The summed E-state index contributed by atoms with van der Waals surface area (Å²) in [6.07, 6.45) is 20.8. The first-order valence-electron chi connectivity index (χ1n) is 24.0. The number of epoxide rings is 1. The predicted molar refractivity (Wildman–Crippen MR) is 251 cm³/mol. The number of benzene rings is 1. The summed E-state index contributed by atoms with van der Waals surface area (Å²) < 4.78 is 12.9. The number of aryl methyl sites for hydroxylation is 1. The van der Waals surface area contributed by atoms with Gasteiger partial charge in [0.25, 0.3) is 5.60 Å². The first-order chi connectivity index (χ1) is 31.4. The third-order valence-corrected chi connectivity index (χ3v) is 15.7. The molecule has 2 aromatic heterocycles. The highest BCUT2D eigenvalue weighted by atomic mass is 16.7. The molecule has 8 atom stereocenters. The number of carbonyl (C=O) groups excluding carboxylic acids is 3. The Morgan fingerprint density at radius 3 is 2.71 bits per heavy atom. The van der Waals surface area contributed by atoms with Crippen molar-refractivity contribution in [1.82, 2.24) is 20.6 Å². The van der Waals surface area contributed by atoms with Crippen molar-refractivity contribution in [2.75, 3.05) is 37.9 Å². The molecule has 5 heterocycles. The van der Waals surface area contributed by atoms with E-state index < -0.39 is 28.7 Å². The van der Waals surface area contributed by atoms with Crippen LogP contribution < -0.4 is 21.7 Å². The van der Waals surface area contributed by atoms with E-state index in [0.717, 1.165) is 74.9 Å². The van der Waals surface area contributed by atoms with Crippen LogP contribution in [0.15, 0.2) is 83.7 Å². The van der Waals surface area contributed by atoms with Gasteiger partial charge in [-0.25, -0.2) is 14.8 Å². The second kappa shape index (κ2) is 18.3. The maximum Gasteiger partial charge on any atom is 0.350 e. The summed E-state index contributed by atoms with van der Waals surface area (Å²) in [5.41, 5.74) is 9.04. The Hall–Kier alpha value is -5.01. The molecule has 3 aromatic rings. The molecule has 0 saturated carbocycles. The Morgan fingerprint density at radius 1 is 1.06 bits per heavy atom. The van der Waals surface area contributed by atoms with Gasteiger partial charge in [-0.05, 0) is 148 Å². The summed E-state index contributed by atoms with van der Waals surface area (Å²) in [6, 6.07) is 11.3. The lowest BCUT2D eigenvalue weighted by Crippen LogP contribution is -2.52. The molecule has 0 unspecified atom stereocenters. The summed E-state index contributed by atoms with van der Waals surface area (Å²) in [7, 11) is 1.93. The van der Waals surface area contributed by atoms with Gasteiger partial charge >= 0.3 is 5.97 Å². The van der Waals surface area contributed by atoms with Crippen LogP contribution in [0, 0.1) is 23.2 Å². The zero-order valence-electron chi connectivity index (χ0n) is 38.5. The lowest BCUT2D eigenvalue weighted by Gasteiger charge is -2.40. The number of aliphatic hydroxyl groups is 1. The first-order valence-corrected chi connectivity index (χ1v) is 24.0. The number of nitrogens with one attached hydrogen (secondary N) is 3. The molecule has 1 spiro atoms. The summed E-state index contributed by atoms with van der Waals surface area (Å²) in [6.45, 7) is 6.76. The van der Waals surface area contributed by atoms with Crippen LogP contribution in [0.25, 0.3) is 0 Å². The topological polar surface area (TPSA) is 181 Å². The molecule has 3 aliphatic carbocycles. The molecule has 1 aromatic carbocycles. The van der Waals surface area contributed by atoms with Crippen LogP contribution in [-0.4, -0.2) is 82.8 Å². The van der Waals surface area contributed by atoms with Gasteiger partial charge in [-0.15, -0.1) is 0 Å². The van der Waals surface area contributed by atoms with E-state index >= 15 is 14.4 Å². The van der Waals surface area contributed by atoms with Crippen LogP contribution in [0.3, 0.4) is 0 Å². The Labute approximate surface area is 383 Å². The van der Waals surface area contributed by atoms with Gasteiger partial charge < -0.3 is 36.3 Å². The van der Waals surface area contributed by atoms with E-state index in [1.165, 1.54) is 16.7 Å². The van der Waals surface area contributed by atoms with Crippen LogP contribution in [0.4, 0.5) is 11.6 Å². The van der Waals surface area contributed by atoms with Gasteiger partial charge in [-0.2, -0.15) is 0 Å². The number of rotatable bonds is 11. The number of ether oxygens (including phenoxy) is 2. The number of nitrogens with zero attached hydrogens (tertiary/aromatic N) is 2. The molecule has 12 nitrogen and oxygen atoms in total. The SMILES string of the molecule is CCN[C@H]1C=C2C=CC[C@@H]3CCCC[C@](C)(Cc4ccc(N)nc4)Cc4cccc5c4C(=O)[C@]4(O[C@@]4(C/C(CO)=C(\C)CCc4ccnc6c4CC[C@H](NC)N6)C5=O)C(=O)OC[C@@H]1C[C@H]23. The molecule has 65 heavy (non-hydrogen) atoms. The number of allylic oxidation sites excluding steroid dienone is 4. The monoisotopic (exact) mass is 883 g/mol. The lowest BCUT2D eigenvalue weighted by molar-refractivity contribution is -0.150. The second-order valence-electron chi connectivity index (χ2n) is 20.0. The summed E-state index contributed by atoms with van der Waals surface area (Å²) >= 11 is 0. The van der Waals surface area contributed by atoms with Gasteiger partial charge in [-0.3, -0.25) is 9.59 Å². The minimum Gasteiger partial charge on any atom is -0.463 e. The zero-order chi connectivity index (χ0) is 45.5. The van der Waals surface area contributed by atoms with Gasteiger partial charge in [0.05, 0.1) is 19.4 Å². The molecule has 1 saturated heterocycles. The fourth-order valence-corrected chi connectivity index (χ4v) is 12.1. The molecule has 0 radical (unpaired) electrons. The second-order valence-corrected chi connectivity index (χ2v) is 20.0. The molecule has 12 heteroatoms. The van der Waals surface area contributed by atoms with Crippen LogP contribution in [-0.2, 0) is 40.0 Å². The quantitative estimate of drug-likeness (QED) is 0.0567. The Bertz CT molecular complexity index is 2430. The van der Waals surface area contributed by atoms with Gasteiger partial charge in [-0.1, -0.05) is 74.8 Å². The first kappa shape index (κ1) is 45.2. The number of carbonyl (C=O) groups is 3. The van der Waals surface area contributed by atoms with E-state index in [1.54, 1.807) is 6.07 Å². The largest absolute Gasteiger partial charge is 0.463 e. The molecule has 1 fully saturated rings. The van der Waals surface area contributed by atoms with Crippen LogP contribution in [0.5, 0.6) is 0 Å². The van der Waals surface area contributed by atoms with Crippen molar-refractivity contribution in [3.05, 3.63) is 117 Å². The van der Waals surface area contributed by atoms with Gasteiger partial charge in [0.2, 0.25) is 5.78 Å². The number of likely N-dealkylation sites (N-methyl/N-ethyl adjacent to an activating group) is 1. The maximum absolute atomic E-state index is 15.5. The third-order valence-electron chi connectivity index (χ3n) is 15.7. The summed E-state index contributed by atoms with van der Waals surface area (Å²) in [5, 5.41) is 21.4. The molecule has 9 rings (SSSR count). The smallest absolute Gasteiger partial charge is 0.350 e. The third kappa shape index (κ3) is 8.40. The number of cyclic esters (lactones) is 1. The number of nitrogens with two attached hydrogens (primary N) is 1. The highest BCUT2D eigenvalue weighted by Crippen LogP contribution is 2.60. The predicted octanol–water partition coefficient (Wildman–Crippen LogP) is 7.21. The average molecular weight is 883 g/mol. The normalized spacial score (nSPS) is 31.1. The number of ketones is 2. The summed E-state index contributed by atoms with van der Waals surface area (Å²) in [5.74, 6) is 0.319. The van der Waals surface area contributed by atoms with Crippen molar-refractivity contribution in [3.8, 4) is 0 Å². The number of nitrogen functional groups attached to an aromatic ring is 1. The number of Topliss-reactive ketones (excluding diaryl/α,β-unsaturated/α-hetero) is 2. The van der Waals surface area contributed by atoms with Crippen molar-refractivity contribution >= 4 is 29.2 Å². The van der Waals surface area contributed by atoms with Crippen molar-refractivity contribution in [2.45, 2.75) is 128 Å². The number of aromatic nitrogens is 2. The number of hydrogen-bond acceptors (Lipinski definition) is 12. The Balaban J connectivity index is 1.09. The Kier molecular flexibility index (Phi) is 12.7. The fourth-order valence-electron chi connectivity index (χ4n) is 12.1. The van der Waals surface area contributed by atoms with E-state index in [-0.39, 0.29) is 54.3 Å². The average Bonchev–Trinajstić information content (AvgIpc) is 4.01. The molecule has 6 aliphatic rings. The number of hydrogen-bond donors (Lipinski definition) is 5. The molecular weight excluding hydrogens is 817 g/mol. The van der Waals surface area contributed by atoms with Crippen molar-refractivity contribution in [1.29, 1.82) is 0 Å². The molecule has 3 aliphatic heterocycles. The lowest BCUT2D eigenvalue weighted by atomic mass is 9.67. The number of esters is 1. The highest BCUT2D eigenvalue weighted by molar-refractivity contribution is 6.33. The van der Waals surface area contributed by atoms with Crippen molar-refractivity contribution in [3.63, 3.8) is 0 Å². The van der Waals surface area contributed by atoms with Crippen LogP contribution in [0.2, 0.25) is 0 Å². The van der Waals surface area contributed by atoms with E-state index in [4.69, 9.17) is 15.2 Å².